The fourth-order valence-electron chi connectivity index (χ4n) is 1.34. The molecule has 0 saturated carbocycles. The van der Waals surface area contributed by atoms with Crippen molar-refractivity contribution in [1.82, 2.24) is 5.32 Å². The van der Waals surface area contributed by atoms with Crippen molar-refractivity contribution in [2.75, 3.05) is 11.9 Å². The number of hydrogen-bond acceptors (Lipinski definition) is 1. The number of hydrogen-bond donors (Lipinski definition) is 0. The highest BCUT2D eigenvalue weighted by molar-refractivity contribution is 6.03. The largest absolute Gasteiger partial charge is 0.416 e. The van der Waals surface area contributed by atoms with Crippen LogP contribution in [0.15, 0.2) is 18.2 Å². The van der Waals surface area contributed by atoms with Gasteiger partial charge in [-0.1, -0.05) is 0 Å². The van der Waals surface area contributed by atoms with Gasteiger partial charge in [-0.25, -0.2) is 4.79 Å². The minimum atomic E-state index is -4.40. The van der Waals surface area contributed by atoms with E-state index in [1.54, 1.807) is 0 Å². The highest BCUT2D eigenvalue weighted by Gasteiger charge is 2.34. The predicted molar refractivity (Wildman–Crippen MR) is 47.0 cm³/mol. The molecule has 1 aromatic rings. The van der Waals surface area contributed by atoms with Crippen LogP contribution in [-0.4, -0.2) is 13.1 Å². The van der Waals surface area contributed by atoms with Crippen molar-refractivity contribution in [3.05, 3.63) is 23.8 Å². The average molecular weight is 215 g/mol. The lowest BCUT2D eigenvalue weighted by atomic mass is 10.1. The summed E-state index contributed by atoms with van der Waals surface area (Å²) in [6.07, 6.45) is -4.40. The number of urea groups is 1. The second kappa shape index (κ2) is 2.88. The van der Waals surface area contributed by atoms with E-state index in [1.807, 2.05) is 0 Å². The van der Waals surface area contributed by atoms with Crippen LogP contribution in [0.1, 0.15) is 5.56 Å². The quantitative estimate of drug-likeness (QED) is 0.654. The third kappa shape index (κ3) is 1.51. The molecule has 1 heterocycles. The predicted octanol–water partition coefficient (Wildman–Crippen LogP) is 2.51. The Balaban J connectivity index is 2.49. The number of fused-ring (bicyclic) bond motifs is 1. The van der Waals surface area contributed by atoms with Crippen LogP contribution in [0.2, 0.25) is 0 Å². The zero-order valence-corrected chi connectivity index (χ0v) is 7.67. The molecular weight excluding hydrogens is 209 g/mol. The molecule has 0 aliphatic carbocycles. The Bertz CT molecular complexity index is 428. The molecule has 1 radical (unpaired) electrons. The van der Waals surface area contributed by atoms with E-state index in [2.05, 4.69) is 5.32 Å². The molecule has 6 heteroatoms. The van der Waals surface area contributed by atoms with E-state index in [1.165, 1.54) is 13.1 Å². The molecule has 1 aliphatic rings. The van der Waals surface area contributed by atoms with Crippen LogP contribution in [0.5, 0.6) is 0 Å². The first-order chi connectivity index (χ1) is 6.89. The number of amides is 2. The van der Waals surface area contributed by atoms with Gasteiger partial charge in [0.25, 0.3) is 0 Å². The molecule has 79 valence electrons. The molecule has 0 fully saturated rings. The van der Waals surface area contributed by atoms with Crippen LogP contribution in [0.25, 0.3) is 0 Å². The first-order valence-electron chi connectivity index (χ1n) is 4.10. The third-order valence-electron chi connectivity index (χ3n) is 2.17. The molecule has 0 unspecified atom stereocenters. The summed E-state index contributed by atoms with van der Waals surface area (Å²) in [7, 11) is 1.39. The first kappa shape index (κ1) is 9.82. The van der Waals surface area contributed by atoms with Gasteiger partial charge in [0.15, 0.2) is 0 Å². The Morgan fingerprint density at radius 2 is 2.00 bits per heavy atom. The highest BCUT2D eigenvalue weighted by Crippen LogP contribution is 2.37. The molecule has 2 amide bonds. The molecule has 15 heavy (non-hydrogen) atoms. The van der Waals surface area contributed by atoms with Crippen molar-refractivity contribution in [3.63, 3.8) is 0 Å². The molecule has 1 aromatic carbocycles. The minimum Gasteiger partial charge on any atom is -0.293 e. The number of carbonyl (C=O) groups is 1. The number of nitrogens with zero attached hydrogens (tertiary/aromatic N) is 2. The van der Waals surface area contributed by atoms with Gasteiger partial charge in [0.1, 0.15) is 0 Å². The highest BCUT2D eigenvalue weighted by atomic mass is 19.4. The second-order valence-corrected chi connectivity index (χ2v) is 3.15. The lowest BCUT2D eigenvalue weighted by Gasteiger charge is -2.10. The number of rotatable bonds is 0. The standard InChI is InChI=1S/C9H6F3N2O/c1-14-7-4-5(9(10,11)12)2-3-6(7)13-8(14)15/h2-4H,1H3. The van der Waals surface area contributed by atoms with Crippen molar-refractivity contribution >= 4 is 17.4 Å². The fraction of sp³-hybridized carbons (Fsp3) is 0.222. The topological polar surface area (TPSA) is 34.4 Å². The summed E-state index contributed by atoms with van der Waals surface area (Å²) in [5.74, 6) is 0. The first-order valence-corrected chi connectivity index (χ1v) is 4.10. The molecule has 0 N–H and O–H groups in total. The van der Waals surface area contributed by atoms with E-state index in [4.69, 9.17) is 0 Å². The molecular formula is C9H6F3N2O. The van der Waals surface area contributed by atoms with Gasteiger partial charge in [0.05, 0.1) is 16.9 Å². The second-order valence-electron chi connectivity index (χ2n) is 3.15. The summed E-state index contributed by atoms with van der Waals surface area (Å²) in [4.78, 5) is 12.2. The Labute approximate surface area is 83.5 Å². The molecule has 0 spiro atoms. The van der Waals surface area contributed by atoms with Crippen molar-refractivity contribution in [2.24, 2.45) is 0 Å². The maximum absolute atomic E-state index is 12.3. The van der Waals surface area contributed by atoms with Crippen LogP contribution < -0.4 is 10.2 Å². The number of benzene rings is 1. The van der Waals surface area contributed by atoms with Gasteiger partial charge in [-0.15, -0.1) is 0 Å². The van der Waals surface area contributed by atoms with Gasteiger partial charge in [-0.3, -0.25) is 4.90 Å². The molecule has 3 nitrogen and oxygen atoms in total. The van der Waals surface area contributed by atoms with Crippen LogP contribution in [0.3, 0.4) is 0 Å². The minimum absolute atomic E-state index is 0.190. The average Bonchev–Trinajstić information content (AvgIpc) is 2.41. The molecule has 0 atom stereocenters. The number of anilines is 1. The molecule has 0 aromatic heterocycles. The fourth-order valence-corrected chi connectivity index (χ4v) is 1.34. The van der Waals surface area contributed by atoms with Gasteiger partial charge < -0.3 is 0 Å². The van der Waals surface area contributed by atoms with Gasteiger partial charge >= 0.3 is 12.2 Å². The maximum Gasteiger partial charge on any atom is 0.416 e. The Hall–Kier alpha value is -1.72. The zero-order valence-electron chi connectivity index (χ0n) is 7.67. The Morgan fingerprint density at radius 1 is 1.33 bits per heavy atom. The molecule has 2 rings (SSSR count). The van der Waals surface area contributed by atoms with Crippen molar-refractivity contribution in [1.29, 1.82) is 0 Å². The summed E-state index contributed by atoms with van der Waals surface area (Å²) in [5, 5.41) is 3.58. The lowest BCUT2D eigenvalue weighted by Crippen LogP contribution is -2.22. The normalized spacial score (nSPS) is 15.2. The van der Waals surface area contributed by atoms with Crippen LogP contribution in [-0.2, 0) is 6.18 Å². The van der Waals surface area contributed by atoms with Crippen molar-refractivity contribution in [2.45, 2.75) is 6.18 Å². The summed E-state index contributed by atoms with van der Waals surface area (Å²) in [5.41, 5.74) is -0.316. The van der Waals surface area contributed by atoms with E-state index in [0.717, 1.165) is 17.0 Å². The smallest absolute Gasteiger partial charge is 0.293 e. The number of alkyl halides is 3. The van der Waals surface area contributed by atoms with E-state index in [9.17, 15) is 18.0 Å². The van der Waals surface area contributed by atoms with Gasteiger partial charge in [0, 0.05) is 7.05 Å². The van der Waals surface area contributed by atoms with E-state index < -0.39 is 17.8 Å². The monoisotopic (exact) mass is 215 g/mol. The SMILES string of the molecule is CN1C(=O)[N]c2ccc(C(F)(F)F)cc21. The van der Waals surface area contributed by atoms with Gasteiger partial charge in [0.2, 0.25) is 0 Å². The van der Waals surface area contributed by atoms with Gasteiger partial charge in [-0.2, -0.15) is 18.5 Å². The van der Waals surface area contributed by atoms with Crippen LogP contribution in [0.4, 0.5) is 29.3 Å². The summed E-state index contributed by atoms with van der Waals surface area (Å²) >= 11 is 0. The van der Waals surface area contributed by atoms with Gasteiger partial charge in [-0.05, 0) is 18.2 Å². The molecule has 0 saturated heterocycles. The maximum atomic E-state index is 12.3. The lowest BCUT2D eigenvalue weighted by molar-refractivity contribution is -0.137. The Morgan fingerprint density at radius 3 is 2.60 bits per heavy atom. The molecule has 0 bridgehead atoms. The van der Waals surface area contributed by atoms with E-state index >= 15 is 0 Å². The number of carbonyl (C=O) groups excluding carboxylic acids is 1. The summed E-state index contributed by atoms with van der Waals surface area (Å²) in [6.45, 7) is 0. The van der Waals surface area contributed by atoms with Crippen LogP contribution in [0, 0.1) is 0 Å². The van der Waals surface area contributed by atoms with Crippen molar-refractivity contribution < 1.29 is 18.0 Å². The third-order valence-corrected chi connectivity index (χ3v) is 2.17. The summed E-state index contributed by atoms with van der Waals surface area (Å²) < 4.78 is 37.0. The zero-order chi connectivity index (χ0) is 11.2. The Kier molecular flexibility index (Phi) is 1.89. The van der Waals surface area contributed by atoms with E-state index in [-0.39, 0.29) is 11.4 Å². The van der Waals surface area contributed by atoms with Crippen molar-refractivity contribution in [3.8, 4) is 0 Å². The number of halogens is 3. The summed E-state index contributed by atoms with van der Waals surface area (Å²) in [6, 6.07) is 2.47. The molecule has 1 aliphatic heterocycles. The van der Waals surface area contributed by atoms with E-state index in [0.29, 0.717) is 0 Å². The van der Waals surface area contributed by atoms with Crippen LogP contribution >= 0.6 is 0 Å².